The Kier molecular flexibility index (Phi) is 4.71. The fraction of sp³-hybridized carbons (Fsp3) is 0.0588. The quantitative estimate of drug-likeness (QED) is 0.562. The summed E-state index contributed by atoms with van der Waals surface area (Å²) in [7, 11) is 0. The number of aromatic nitrogens is 1. The van der Waals surface area contributed by atoms with Crippen LogP contribution in [-0.4, -0.2) is 15.4 Å². The summed E-state index contributed by atoms with van der Waals surface area (Å²) in [5.41, 5.74) is 1.41. The molecule has 2 aromatic heterocycles. The molecule has 8 heteroatoms. The Balaban J connectivity index is 1.68. The minimum atomic E-state index is -0.526. The van der Waals surface area contributed by atoms with E-state index in [4.69, 9.17) is 0 Å². The Morgan fingerprint density at radius 2 is 1.88 bits per heavy atom. The molecule has 3 rings (SSSR count). The van der Waals surface area contributed by atoms with Crippen molar-refractivity contribution in [2.45, 2.75) is 6.54 Å². The molecule has 1 aromatic carbocycles. The number of nitrogens with one attached hydrogen (secondary N) is 1. The number of carbonyl (C=O) groups excluding carboxylic acids is 1. The first kappa shape index (κ1) is 16.6. The van der Waals surface area contributed by atoms with Gasteiger partial charge in [0.05, 0.1) is 16.3 Å². The topological polar surface area (TPSA) is 94.2 Å². The summed E-state index contributed by atoms with van der Waals surface area (Å²) < 4.78 is 1.58. The van der Waals surface area contributed by atoms with Gasteiger partial charge in [0.2, 0.25) is 0 Å². The summed E-state index contributed by atoms with van der Waals surface area (Å²) in [5, 5.41) is 13.3. The molecule has 0 unspecified atom stereocenters. The van der Waals surface area contributed by atoms with Gasteiger partial charge in [0, 0.05) is 24.0 Å². The molecular weight excluding hydrogens is 342 g/mol. The van der Waals surface area contributed by atoms with Crippen LogP contribution < -0.4 is 10.9 Å². The number of thiophene rings is 1. The van der Waals surface area contributed by atoms with E-state index in [1.54, 1.807) is 35.0 Å². The SMILES string of the molecule is O=C(Nc1ccc(Cn2ccccc2=O)cc1)c1ccc([N+](=O)[O-])s1. The van der Waals surface area contributed by atoms with E-state index in [1.807, 2.05) is 12.1 Å². The van der Waals surface area contributed by atoms with Gasteiger partial charge in [0.1, 0.15) is 0 Å². The Labute approximate surface area is 146 Å². The van der Waals surface area contributed by atoms with Crippen LogP contribution in [0.2, 0.25) is 0 Å². The average Bonchev–Trinajstić information content (AvgIpc) is 3.09. The number of anilines is 1. The third kappa shape index (κ3) is 3.99. The molecule has 0 saturated heterocycles. The third-order valence-electron chi connectivity index (χ3n) is 3.46. The third-order valence-corrected chi connectivity index (χ3v) is 4.49. The van der Waals surface area contributed by atoms with Crippen LogP contribution in [0.25, 0.3) is 0 Å². The van der Waals surface area contributed by atoms with E-state index in [1.165, 1.54) is 18.2 Å². The molecule has 25 heavy (non-hydrogen) atoms. The highest BCUT2D eigenvalue weighted by molar-refractivity contribution is 7.17. The smallest absolute Gasteiger partial charge is 0.321 e. The van der Waals surface area contributed by atoms with Gasteiger partial charge in [-0.05, 0) is 29.8 Å². The van der Waals surface area contributed by atoms with Crippen LogP contribution in [0, 0.1) is 10.1 Å². The highest BCUT2D eigenvalue weighted by Crippen LogP contribution is 2.24. The second-order valence-electron chi connectivity index (χ2n) is 5.21. The monoisotopic (exact) mass is 355 g/mol. The van der Waals surface area contributed by atoms with E-state index >= 15 is 0 Å². The maximum absolute atomic E-state index is 12.1. The predicted octanol–water partition coefficient (Wildman–Crippen LogP) is 3.12. The maximum atomic E-state index is 12.1. The second kappa shape index (κ2) is 7.10. The van der Waals surface area contributed by atoms with Crippen molar-refractivity contribution < 1.29 is 9.72 Å². The molecule has 126 valence electrons. The van der Waals surface area contributed by atoms with E-state index in [0.29, 0.717) is 12.2 Å². The van der Waals surface area contributed by atoms with Crippen LogP contribution >= 0.6 is 11.3 Å². The zero-order chi connectivity index (χ0) is 17.8. The molecule has 0 bridgehead atoms. The largest absolute Gasteiger partial charge is 0.324 e. The van der Waals surface area contributed by atoms with Crippen LogP contribution in [0.3, 0.4) is 0 Å². The lowest BCUT2D eigenvalue weighted by molar-refractivity contribution is -0.380. The Morgan fingerprint density at radius 1 is 1.12 bits per heavy atom. The Bertz CT molecular complexity index is 976. The van der Waals surface area contributed by atoms with Gasteiger partial charge in [0.25, 0.3) is 11.5 Å². The summed E-state index contributed by atoms with van der Waals surface area (Å²) in [6, 6.07) is 14.8. The van der Waals surface area contributed by atoms with E-state index in [9.17, 15) is 19.7 Å². The van der Waals surface area contributed by atoms with Gasteiger partial charge in [-0.15, -0.1) is 0 Å². The predicted molar refractivity (Wildman–Crippen MR) is 95.2 cm³/mol. The molecule has 0 aliphatic carbocycles. The van der Waals surface area contributed by atoms with Crippen molar-refractivity contribution in [2.75, 3.05) is 5.32 Å². The Hall–Kier alpha value is -3.26. The van der Waals surface area contributed by atoms with E-state index in [2.05, 4.69) is 5.32 Å². The molecule has 0 fully saturated rings. The highest BCUT2D eigenvalue weighted by Gasteiger charge is 2.15. The van der Waals surface area contributed by atoms with Gasteiger partial charge in [-0.1, -0.05) is 29.5 Å². The van der Waals surface area contributed by atoms with Gasteiger partial charge in [0.15, 0.2) is 0 Å². The van der Waals surface area contributed by atoms with Crippen molar-refractivity contribution in [2.24, 2.45) is 0 Å². The summed E-state index contributed by atoms with van der Waals surface area (Å²) in [5.74, 6) is -0.398. The molecule has 0 aliphatic heterocycles. The lowest BCUT2D eigenvalue weighted by atomic mass is 10.2. The average molecular weight is 355 g/mol. The van der Waals surface area contributed by atoms with Crippen LogP contribution in [-0.2, 0) is 6.54 Å². The van der Waals surface area contributed by atoms with Crippen molar-refractivity contribution in [3.05, 3.63) is 91.7 Å². The summed E-state index contributed by atoms with van der Waals surface area (Å²) >= 11 is 0.826. The summed E-state index contributed by atoms with van der Waals surface area (Å²) in [6.07, 6.45) is 1.71. The minimum absolute atomic E-state index is 0.0752. The van der Waals surface area contributed by atoms with Crippen LogP contribution in [0.4, 0.5) is 10.7 Å². The number of amides is 1. The van der Waals surface area contributed by atoms with Crippen molar-refractivity contribution in [3.8, 4) is 0 Å². The number of carbonyl (C=O) groups is 1. The maximum Gasteiger partial charge on any atom is 0.324 e. The standard InChI is InChI=1S/C17H13N3O4S/c21-15-3-1-2-10-19(15)11-12-4-6-13(7-5-12)18-17(22)14-8-9-16(25-14)20(23)24/h1-10H,11H2,(H,18,22). The van der Waals surface area contributed by atoms with Gasteiger partial charge in [-0.25, -0.2) is 0 Å². The number of rotatable bonds is 5. The van der Waals surface area contributed by atoms with Gasteiger partial charge >= 0.3 is 5.00 Å². The van der Waals surface area contributed by atoms with Crippen molar-refractivity contribution in [3.63, 3.8) is 0 Å². The molecule has 0 spiro atoms. The molecule has 7 nitrogen and oxygen atoms in total. The first-order valence-electron chi connectivity index (χ1n) is 7.33. The summed E-state index contributed by atoms with van der Waals surface area (Å²) in [4.78, 5) is 34.2. The van der Waals surface area contributed by atoms with E-state index < -0.39 is 10.8 Å². The fourth-order valence-corrected chi connectivity index (χ4v) is 2.94. The van der Waals surface area contributed by atoms with Gasteiger partial charge in [-0.3, -0.25) is 19.7 Å². The zero-order valence-electron chi connectivity index (χ0n) is 12.9. The lowest BCUT2D eigenvalue weighted by Gasteiger charge is -2.07. The Morgan fingerprint density at radius 3 is 2.52 bits per heavy atom. The number of pyridine rings is 1. The van der Waals surface area contributed by atoms with E-state index in [0.717, 1.165) is 16.9 Å². The molecule has 1 N–H and O–H groups in total. The van der Waals surface area contributed by atoms with Gasteiger partial charge in [-0.2, -0.15) is 0 Å². The highest BCUT2D eigenvalue weighted by atomic mass is 32.1. The molecule has 0 aliphatic rings. The van der Waals surface area contributed by atoms with Crippen LogP contribution in [0.15, 0.2) is 65.6 Å². The molecule has 0 atom stereocenters. The number of hydrogen-bond donors (Lipinski definition) is 1. The summed E-state index contributed by atoms with van der Waals surface area (Å²) in [6.45, 7) is 0.436. The fourth-order valence-electron chi connectivity index (χ4n) is 2.22. The number of nitro groups is 1. The molecular formula is C17H13N3O4S. The molecule has 0 saturated carbocycles. The first-order chi connectivity index (χ1) is 12.0. The van der Waals surface area contributed by atoms with Crippen molar-refractivity contribution in [1.29, 1.82) is 0 Å². The van der Waals surface area contributed by atoms with Crippen LogP contribution in [0.1, 0.15) is 15.2 Å². The number of hydrogen-bond acceptors (Lipinski definition) is 5. The molecule has 3 aromatic rings. The first-order valence-corrected chi connectivity index (χ1v) is 8.14. The van der Waals surface area contributed by atoms with Crippen molar-refractivity contribution >= 4 is 27.9 Å². The lowest BCUT2D eigenvalue weighted by Crippen LogP contribution is -2.18. The van der Waals surface area contributed by atoms with Gasteiger partial charge < -0.3 is 9.88 Å². The normalized spacial score (nSPS) is 10.4. The number of nitrogens with zero attached hydrogens (tertiary/aromatic N) is 2. The second-order valence-corrected chi connectivity index (χ2v) is 6.28. The zero-order valence-corrected chi connectivity index (χ0v) is 13.7. The number of benzene rings is 1. The minimum Gasteiger partial charge on any atom is -0.321 e. The van der Waals surface area contributed by atoms with Crippen LogP contribution in [0.5, 0.6) is 0 Å². The molecule has 0 radical (unpaired) electrons. The van der Waals surface area contributed by atoms with E-state index in [-0.39, 0.29) is 15.4 Å². The molecule has 1 amide bonds. The van der Waals surface area contributed by atoms with Crippen molar-refractivity contribution in [1.82, 2.24) is 4.57 Å². The molecule has 2 heterocycles.